The molecule has 2 nitrogen and oxygen atoms in total. The van der Waals surface area contributed by atoms with Crippen molar-refractivity contribution in [3.8, 4) is 0 Å². The zero-order valence-corrected chi connectivity index (χ0v) is 7.17. The van der Waals surface area contributed by atoms with E-state index in [4.69, 9.17) is 5.11 Å². The Labute approximate surface area is 72.5 Å². The molecule has 0 radical (unpaired) electrons. The summed E-state index contributed by atoms with van der Waals surface area (Å²) >= 11 is 0. The normalized spacial score (nSPS) is 9.42. The molecule has 0 fully saturated rings. The molecule has 0 saturated carbocycles. The molecule has 0 unspecified atom stereocenters. The lowest BCUT2D eigenvalue weighted by Gasteiger charge is -2.03. The summed E-state index contributed by atoms with van der Waals surface area (Å²) in [5.74, 6) is 0.109. The Balaban J connectivity index is 2.78. The van der Waals surface area contributed by atoms with Gasteiger partial charge in [0.15, 0.2) is 0 Å². The van der Waals surface area contributed by atoms with Crippen molar-refractivity contribution in [3.63, 3.8) is 0 Å². The molecule has 12 heavy (non-hydrogen) atoms. The molecule has 0 aromatic heterocycles. The Morgan fingerprint density at radius 3 is 2.42 bits per heavy atom. The summed E-state index contributed by atoms with van der Waals surface area (Å²) in [6.45, 7) is 6.38. The fraction of sp³-hybridized carbons (Fsp3) is 0.200. The van der Waals surface area contributed by atoms with Gasteiger partial charge < -0.3 is 10.4 Å². The Kier molecular flexibility index (Phi) is 2.75. The van der Waals surface area contributed by atoms with Crippen molar-refractivity contribution in [1.82, 2.24) is 0 Å². The number of aliphatic hydroxyl groups excluding tert-OH is 1. The molecule has 0 atom stereocenters. The van der Waals surface area contributed by atoms with E-state index in [-0.39, 0.29) is 5.76 Å². The molecule has 0 spiro atoms. The summed E-state index contributed by atoms with van der Waals surface area (Å²) in [4.78, 5) is 0. The topological polar surface area (TPSA) is 32.3 Å². The molecule has 0 aliphatic carbocycles. The lowest BCUT2D eigenvalue weighted by Crippen LogP contribution is -1.95. The molecule has 64 valence electrons. The first-order chi connectivity index (χ1) is 5.74. The van der Waals surface area contributed by atoms with Crippen LogP contribution in [0.2, 0.25) is 0 Å². The molecule has 0 saturated heterocycles. The third-order valence-electron chi connectivity index (χ3n) is 1.60. The Bertz CT molecular complexity index is 264. The van der Waals surface area contributed by atoms with Crippen LogP contribution in [0.1, 0.15) is 12.5 Å². The van der Waals surface area contributed by atoms with Gasteiger partial charge >= 0.3 is 0 Å². The van der Waals surface area contributed by atoms with E-state index in [0.29, 0.717) is 0 Å². The minimum Gasteiger partial charge on any atom is -0.508 e. The molecule has 0 amide bonds. The fourth-order valence-corrected chi connectivity index (χ4v) is 0.985. The average molecular weight is 163 g/mol. The van der Waals surface area contributed by atoms with Crippen molar-refractivity contribution in [2.24, 2.45) is 0 Å². The second-order valence-corrected chi connectivity index (χ2v) is 2.55. The molecular weight excluding hydrogens is 150 g/mol. The summed E-state index contributed by atoms with van der Waals surface area (Å²) < 4.78 is 0. The Morgan fingerprint density at radius 2 is 2.00 bits per heavy atom. The summed E-state index contributed by atoms with van der Waals surface area (Å²) in [5, 5.41) is 12.2. The highest BCUT2D eigenvalue weighted by molar-refractivity contribution is 5.59. The van der Waals surface area contributed by atoms with E-state index in [1.165, 1.54) is 0 Å². The van der Waals surface area contributed by atoms with Crippen LogP contribution in [-0.4, -0.2) is 11.7 Å². The highest BCUT2D eigenvalue weighted by Gasteiger charge is 1.94. The molecule has 0 aliphatic heterocycles. The number of benzene rings is 1. The highest BCUT2D eigenvalue weighted by atomic mass is 16.3. The van der Waals surface area contributed by atoms with Gasteiger partial charge in [0.05, 0.1) is 0 Å². The maximum Gasteiger partial charge on any atom is 0.115 e. The van der Waals surface area contributed by atoms with Crippen LogP contribution < -0.4 is 5.32 Å². The monoisotopic (exact) mass is 163 g/mol. The van der Waals surface area contributed by atoms with Gasteiger partial charge in [-0.3, -0.25) is 0 Å². The van der Waals surface area contributed by atoms with E-state index in [9.17, 15) is 0 Å². The van der Waals surface area contributed by atoms with Crippen molar-refractivity contribution in [1.29, 1.82) is 0 Å². The van der Waals surface area contributed by atoms with Gasteiger partial charge in [0.25, 0.3) is 0 Å². The molecule has 1 aromatic rings. The largest absolute Gasteiger partial charge is 0.508 e. The number of rotatable bonds is 3. The zero-order valence-electron chi connectivity index (χ0n) is 7.17. The number of hydrogen-bond acceptors (Lipinski definition) is 2. The fourth-order valence-electron chi connectivity index (χ4n) is 0.985. The van der Waals surface area contributed by atoms with Gasteiger partial charge in [0.1, 0.15) is 5.76 Å². The smallest absolute Gasteiger partial charge is 0.115 e. The first-order valence-corrected chi connectivity index (χ1v) is 3.96. The van der Waals surface area contributed by atoms with Crippen LogP contribution in [0.15, 0.2) is 30.8 Å². The summed E-state index contributed by atoms with van der Waals surface area (Å²) in [6.07, 6.45) is 0. The lowest BCUT2D eigenvalue weighted by molar-refractivity contribution is 0.514. The van der Waals surface area contributed by atoms with E-state index in [1.54, 1.807) is 0 Å². The van der Waals surface area contributed by atoms with Crippen molar-refractivity contribution in [3.05, 3.63) is 36.4 Å². The number of anilines is 1. The average Bonchev–Trinajstić information content (AvgIpc) is 2.06. The van der Waals surface area contributed by atoms with Gasteiger partial charge in [-0.2, -0.15) is 0 Å². The van der Waals surface area contributed by atoms with Crippen molar-refractivity contribution >= 4 is 11.4 Å². The van der Waals surface area contributed by atoms with Crippen LogP contribution in [0.5, 0.6) is 0 Å². The second-order valence-electron chi connectivity index (χ2n) is 2.55. The van der Waals surface area contributed by atoms with Crippen LogP contribution in [0, 0.1) is 0 Å². The molecule has 2 heteroatoms. The predicted octanol–water partition coefficient (Wildman–Crippen LogP) is 2.65. The van der Waals surface area contributed by atoms with E-state index >= 15 is 0 Å². The van der Waals surface area contributed by atoms with Gasteiger partial charge in [-0.25, -0.2) is 0 Å². The second kappa shape index (κ2) is 3.81. The minimum atomic E-state index is 0.109. The van der Waals surface area contributed by atoms with Gasteiger partial charge in [-0.05, 0) is 31.2 Å². The van der Waals surface area contributed by atoms with Gasteiger partial charge in [0, 0.05) is 17.8 Å². The molecule has 0 heterocycles. The Hall–Kier alpha value is -1.44. The van der Waals surface area contributed by atoms with Crippen LogP contribution in [0.4, 0.5) is 5.69 Å². The molecule has 1 rings (SSSR count). The first kappa shape index (κ1) is 8.65. The van der Waals surface area contributed by atoms with Crippen molar-refractivity contribution in [2.45, 2.75) is 6.92 Å². The maximum atomic E-state index is 9.03. The molecule has 2 N–H and O–H groups in total. The maximum absolute atomic E-state index is 9.03. The SMILES string of the molecule is C=C(O)c1ccc(NCC)cc1. The zero-order chi connectivity index (χ0) is 8.97. The van der Waals surface area contributed by atoms with E-state index in [2.05, 4.69) is 11.9 Å². The molecule has 0 bridgehead atoms. The first-order valence-electron chi connectivity index (χ1n) is 3.96. The Morgan fingerprint density at radius 1 is 1.42 bits per heavy atom. The third kappa shape index (κ3) is 2.02. The highest BCUT2D eigenvalue weighted by Crippen LogP contribution is 2.13. The van der Waals surface area contributed by atoms with Gasteiger partial charge in [0.2, 0.25) is 0 Å². The predicted molar refractivity (Wildman–Crippen MR) is 52.3 cm³/mol. The number of aliphatic hydroxyl groups is 1. The molecular formula is C10H13NO. The van der Waals surface area contributed by atoms with Gasteiger partial charge in [-0.1, -0.05) is 6.58 Å². The van der Waals surface area contributed by atoms with E-state index in [1.807, 2.05) is 31.2 Å². The van der Waals surface area contributed by atoms with Crippen molar-refractivity contribution in [2.75, 3.05) is 11.9 Å². The third-order valence-corrected chi connectivity index (χ3v) is 1.60. The lowest BCUT2D eigenvalue weighted by atomic mass is 10.2. The van der Waals surface area contributed by atoms with E-state index < -0.39 is 0 Å². The number of hydrogen-bond donors (Lipinski definition) is 2. The van der Waals surface area contributed by atoms with Crippen LogP contribution in [0.25, 0.3) is 5.76 Å². The molecule has 0 aliphatic rings. The van der Waals surface area contributed by atoms with Gasteiger partial charge in [-0.15, -0.1) is 0 Å². The van der Waals surface area contributed by atoms with Crippen molar-refractivity contribution < 1.29 is 5.11 Å². The van der Waals surface area contributed by atoms with Crippen LogP contribution >= 0.6 is 0 Å². The summed E-state index contributed by atoms with van der Waals surface area (Å²) in [6, 6.07) is 7.50. The van der Waals surface area contributed by atoms with Crippen LogP contribution in [0.3, 0.4) is 0 Å². The van der Waals surface area contributed by atoms with E-state index in [0.717, 1.165) is 17.8 Å². The standard InChI is InChI=1S/C10H13NO/c1-3-11-10-6-4-9(5-7-10)8(2)12/h4-7,11-12H,2-3H2,1H3. The number of nitrogens with one attached hydrogen (secondary N) is 1. The van der Waals surface area contributed by atoms with Crippen LogP contribution in [-0.2, 0) is 0 Å². The quantitative estimate of drug-likeness (QED) is 0.671. The molecule has 1 aromatic carbocycles. The summed E-state index contributed by atoms with van der Waals surface area (Å²) in [5.41, 5.74) is 1.82. The minimum absolute atomic E-state index is 0.109. The summed E-state index contributed by atoms with van der Waals surface area (Å²) in [7, 11) is 0.